The van der Waals surface area contributed by atoms with Gasteiger partial charge in [-0.3, -0.25) is 0 Å². The lowest BCUT2D eigenvalue weighted by Gasteiger charge is -2.00. The molecule has 0 aliphatic rings. The van der Waals surface area contributed by atoms with E-state index in [1.807, 2.05) is 24.3 Å². The number of hydrogen-bond donors (Lipinski definition) is 0. The Morgan fingerprint density at radius 3 is 2.73 bits per heavy atom. The lowest BCUT2D eigenvalue weighted by molar-refractivity contribution is 0.533. The van der Waals surface area contributed by atoms with Crippen molar-refractivity contribution in [3.8, 4) is 11.5 Å². The Hall–Kier alpha value is -1.17. The van der Waals surface area contributed by atoms with Gasteiger partial charge in [-0.2, -0.15) is 0 Å². The topological polar surface area (TPSA) is 38.9 Å². The molecule has 2 aromatic rings. The Bertz CT molecular complexity index is 505. The van der Waals surface area contributed by atoms with E-state index in [4.69, 9.17) is 4.42 Å². The Morgan fingerprint density at radius 2 is 2.20 bits per heavy atom. The molecule has 76 valence electrons. The van der Waals surface area contributed by atoms with Crippen molar-refractivity contribution in [1.82, 2.24) is 10.2 Å². The van der Waals surface area contributed by atoms with Crippen LogP contribution in [0.4, 0.5) is 0 Å². The van der Waals surface area contributed by atoms with Gasteiger partial charge < -0.3 is 4.42 Å². The molecule has 1 aromatic heterocycles. The molecule has 0 spiro atoms. The predicted molar refractivity (Wildman–Crippen MR) is 67.3 cm³/mol. The van der Waals surface area contributed by atoms with E-state index in [0.29, 0.717) is 11.8 Å². The van der Waals surface area contributed by atoms with Crippen LogP contribution < -0.4 is 0 Å². The highest BCUT2D eigenvalue weighted by atomic mass is 127. The molecule has 4 heteroatoms. The van der Waals surface area contributed by atoms with Gasteiger partial charge in [0.15, 0.2) is 0 Å². The first kappa shape index (κ1) is 10.4. The minimum absolute atomic E-state index is 0.557. The van der Waals surface area contributed by atoms with E-state index in [1.165, 1.54) is 0 Å². The van der Waals surface area contributed by atoms with Gasteiger partial charge >= 0.3 is 0 Å². The Labute approximate surface area is 101 Å². The van der Waals surface area contributed by atoms with Gasteiger partial charge in [-0.1, -0.05) is 18.7 Å². The molecule has 0 radical (unpaired) electrons. The molecule has 1 aromatic carbocycles. The average molecular weight is 312 g/mol. The second kappa shape index (κ2) is 4.14. The standard InChI is InChI=1S/C11H9IN2O/c1-3-8-4-5-9(6-10(8)12)11-14-13-7(2)15-11/h3-6H,1H2,2H3. The van der Waals surface area contributed by atoms with Crippen LogP contribution in [0.3, 0.4) is 0 Å². The normalized spacial score (nSPS) is 10.3. The first-order valence-corrected chi connectivity index (χ1v) is 5.51. The third-order valence-electron chi connectivity index (χ3n) is 1.99. The van der Waals surface area contributed by atoms with Crippen molar-refractivity contribution in [2.75, 3.05) is 0 Å². The molecule has 0 saturated heterocycles. The third-order valence-corrected chi connectivity index (χ3v) is 2.93. The molecule has 0 amide bonds. The highest BCUT2D eigenvalue weighted by Crippen LogP contribution is 2.23. The molecular weight excluding hydrogens is 303 g/mol. The van der Waals surface area contributed by atoms with Gasteiger partial charge in [0.1, 0.15) is 0 Å². The molecule has 0 atom stereocenters. The van der Waals surface area contributed by atoms with Gasteiger partial charge in [0.25, 0.3) is 0 Å². The number of aromatic nitrogens is 2. The minimum atomic E-state index is 0.557. The maximum atomic E-state index is 5.35. The zero-order valence-corrected chi connectivity index (χ0v) is 10.4. The van der Waals surface area contributed by atoms with E-state index in [-0.39, 0.29) is 0 Å². The lowest BCUT2D eigenvalue weighted by Crippen LogP contribution is -1.83. The summed E-state index contributed by atoms with van der Waals surface area (Å²) in [5.74, 6) is 1.13. The quantitative estimate of drug-likeness (QED) is 0.799. The number of halogens is 1. The van der Waals surface area contributed by atoms with Crippen LogP contribution in [0.25, 0.3) is 17.5 Å². The molecule has 0 bridgehead atoms. The first-order chi connectivity index (χ1) is 7.20. The van der Waals surface area contributed by atoms with Crippen LogP contribution in [0.5, 0.6) is 0 Å². The van der Waals surface area contributed by atoms with Gasteiger partial charge in [-0.05, 0) is 40.3 Å². The largest absolute Gasteiger partial charge is 0.421 e. The zero-order valence-electron chi connectivity index (χ0n) is 8.20. The monoisotopic (exact) mass is 312 g/mol. The summed E-state index contributed by atoms with van der Waals surface area (Å²) >= 11 is 2.26. The lowest BCUT2D eigenvalue weighted by atomic mass is 10.1. The van der Waals surface area contributed by atoms with Crippen LogP contribution in [-0.2, 0) is 0 Å². The summed E-state index contributed by atoms with van der Waals surface area (Å²) in [6, 6.07) is 5.94. The molecule has 0 unspecified atom stereocenters. The van der Waals surface area contributed by atoms with E-state index >= 15 is 0 Å². The number of nitrogens with zero attached hydrogens (tertiary/aromatic N) is 2. The second-order valence-electron chi connectivity index (χ2n) is 3.07. The fraction of sp³-hybridized carbons (Fsp3) is 0.0909. The van der Waals surface area contributed by atoms with Gasteiger partial charge in [0.2, 0.25) is 11.8 Å². The summed E-state index contributed by atoms with van der Waals surface area (Å²) in [6.07, 6.45) is 1.82. The molecular formula is C11H9IN2O. The molecule has 0 N–H and O–H groups in total. The van der Waals surface area contributed by atoms with Crippen molar-refractivity contribution in [3.05, 3.63) is 39.8 Å². The minimum Gasteiger partial charge on any atom is -0.421 e. The summed E-state index contributed by atoms with van der Waals surface area (Å²) in [4.78, 5) is 0. The van der Waals surface area contributed by atoms with Crippen molar-refractivity contribution < 1.29 is 4.42 Å². The summed E-state index contributed by atoms with van der Waals surface area (Å²) in [6.45, 7) is 5.52. The predicted octanol–water partition coefficient (Wildman–Crippen LogP) is 3.29. The van der Waals surface area contributed by atoms with Crippen molar-refractivity contribution in [3.63, 3.8) is 0 Å². The fourth-order valence-corrected chi connectivity index (χ4v) is 1.97. The molecule has 0 aliphatic heterocycles. The number of aryl methyl sites for hydroxylation is 1. The summed E-state index contributed by atoms with van der Waals surface area (Å²) in [7, 11) is 0. The average Bonchev–Trinajstić information content (AvgIpc) is 2.65. The van der Waals surface area contributed by atoms with Crippen LogP contribution in [0.2, 0.25) is 0 Å². The molecule has 2 rings (SSSR count). The zero-order chi connectivity index (χ0) is 10.8. The van der Waals surface area contributed by atoms with Crippen molar-refractivity contribution >= 4 is 28.7 Å². The highest BCUT2D eigenvalue weighted by Gasteiger charge is 2.07. The highest BCUT2D eigenvalue weighted by molar-refractivity contribution is 14.1. The maximum absolute atomic E-state index is 5.35. The van der Waals surface area contributed by atoms with E-state index < -0.39 is 0 Å². The van der Waals surface area contributed by atoms with Crippen molar-refractivity contribution in [1.29, 1.82) is 0 Å². The van der Waals surface area contributed by atoms with Gasteiger partial charge in [-0.25, -0.2) is 0 Å². The van der Waals surface area contributed by atoms with Crippen molar-refractivity contribution in [2.24, 2.45) is 0 Å². The van der Waals surface area contributed by atoms with Crippen LogP contribution in [0.1, 0.15) is 11.5 Å². The van der Waals surface area contributed by atoms with E-state index in [1.54, 1.807) is 6.92 Å². The molecule has 1 heterocycles. The van der Waals surface area contributed by atoms with Crippen LogP contribution in [0, 0.1) is 10.5 Å². The molecule has 3 nitrogen and oxygen atoms in total. The summed E-state index contributed by atoms with van der Waals surface area (Å²) in [5, 5.41) is 7.76. The van der Waals surface area contributed by atoms with Crippen LogP contribution in [0.15, 0.2) is 29.2 Å². The van der Waals surface area contributed by atoms with Crippen molar-refractivity contribution in [2.45, 2.75) is 6.92 Å². The molecule has 0 saturated carbocycles. The molecule has 0 aliphatic carbocycles. The Morgan fingerprint density at radius 1 is 1.40 bits per heavy atom. The molecule has 0 fully saturated rings. The number of hydrogen-bond acceptors (Lipinski definition) is 3. The number of benzene rings is 1. The van der Waals surface area contributed by atoms with Gasteiger partial charge in [-0.15, -0.1) is 10.2 Å². The second-order valence-corrected chi connectivity index (χ2v) is 4.23. The smallest absolute Gasteiger partial charge is 0.247 e. The van der Waals surface area contributed by atoms with E-state index in [0.717, 1.165) is 14.7 Å². The SMILES string of the molecule is C=Cc1ccc(-c2nnc(C)o2)cc1I. The van der Waals surface area contributed by atoms with E-state index in [9.17, 15) is 0 Å². The van der Waals surface area contributed by atoms with E-state index in [2.05, 4.69) is 39.4 Å². The third kappa shape index (κ3) is 2.09. The molecule has 15 heavy (non-hydrogen) atoms. The van der Waals surface area contributed by atoms with Gasteiger partial charge in [0.05, 0.1) is 0 Å². The first-order valence-electron chi connectivity index (χ1n) is 4.43. The van der Waals surface area contributed by atoms with Gasteiger partial charge in [0, 0.05) is 16.1 Å². The number of rotatable bonds is 2. The summed E-state index contributed by atoms with van der Waals surface area (Å²) < 4.78 is 6.47. The Balaban J connectivity index is 2.46. The maximum Gasteiger partial charge on any atom is 0.247 e. The van der Waals surface area contributed by atoms with Crippen LogP contribution in [-0.4, -0.2) is 10.2 Å². The van der Waals surface area contributed by atoms with Crippen LogP contribution >= 0.6 is 22.6 Å². The Kier molecular flexibility index (Phi) is 2.86. The summed E-state index contributed by atoms with van der Waals surface area (Å²) in [5.41, 5.74) is 2.04. The fourth-order valence-electron chi connectivity index (χ4n) is 1.24.